The number of nitrogens with zero attached hydrogens (tertiary/aromatic N) is 2. The van der Waals surface area contributed by atoms with Crippen LogP contribution in [-0.2, 0) is 16.0 Å². The van der Waals surface area contributed by atoms with Gasteiger partial charge in [0, 0.05) is 27.9 Å². The van der Waals surface area contributed by atoms with Gasteiger partial charge in [0.05, 0.1) is 17.0 Å². The number of thiazole rings is 1. The molecule has 4 aromatic rings. The first-order chi connectivity index (χ1) is 15.9. The SMILES string of the molecule is Cc1cc(C(=O)COC(=O)Cc2csc(-c3cccs3)n2)c(C)n1NC(=O)c1ccccc1. The third-order valence-electron chi connectivity index (χ3n) is 4.95. The van der Waals surface area contributed by atoms with E-state index in [-0.39, 0.29) is 24.7 Å². The van der Waals surface area contributed by atoms with Crippen LogP contribution in [0.1, 0.15) is 37.8 Å². The van der Waals surface area contributed by atoms with Gasteiger partial charge in [0.25, 0.3) is 5.91 Å². The summed E-state index contributed by atoms with van der Waals surface area (Å²) in [7, 11) is 0. The molecule has 1 aromatic carbocycles. The lowest BCUT2D eigenvalue weighted by molar-refractivity contribution is -0.141. The highest BCUT2D eigenvalue weighted by Gasteiger charge is 2.19. The minimum atomic E-state index is -0.516. The number of Topliss-reactive ketones (excluding diaryl/α,β-unsaturated/α-hetero) is 1. The van der Waals surface area contributed by atoms with E-state index in [1.807, 2.05) is 29.0 Å². The van der Waals surface area contributed by atoms with Crippen LogP contribution in [0.15, 0.2) is 59.3 Å². The third-order valence-corrected chi connectivity index (χ3v) is 6.88. The first-order valence-corrected chi connectivity index (χ1v) is 11.9. The number of aromatic nitrogens is 2. The second-order valence-electron chi connectivity index (χ2n) is 7.31. The van der Waals surface area contributed by atoms with Gasteiger partial charge in [-0.05, 0) is 43.5 Å². The molecule has 0 aliphatic carbocycles. The van der Waals surface area contributed by atoms with Crippen LogP contribution >= 0.6 is 22.7 Å². The summed E-state index contributed by atoms with van der Waals surface area (Å²) in [4.78, 5) is 42.9. The van der Waals surface area contributed by atoms with E-state index in [2.05, 4.69) is 10.4 Å². The molecule has 0 radical (unpaired) electrons. The number of hydrogen-bond acceptors (Lipinski definition) is 7. The molecule has 0 aliphatic rings. The molecule has 0 bridgehead atoms. The molecule has 3 heterocycles. The van der Waals surface area contributed by atoms with Crippen molar-refractivity contribution in [3.8, 4) is 9.88 Å². The van der Waals surface area contributed by atoms with Crippen molar-refractivity contribution < 1.29 is 19.1 Å². The van der Waals surface area contributed by atoms with Gasteiger partial charge < -0.3 is 4.74 Å². The van der Waals surface area contributed by atoms with Gasteiger partial charge in [0.15, 0.2) is 6.61 Å². The van der Waals surface area contributed by atoms with E-state index in [0.29, 0.717) is 28.2 Å². The standard InChI is InChI=1S/C24H21N3O4S2/c1-15-11-19(16(2)27(15)26-23(30)17-7-4-3-5-8-17)20(28)13-31-22(29)12-18-14-33-24(25-18)21-9-6-10-32-21/h3-11,14H,12-13H2,1-2H3,(H,26,30). The highest BCUT2D eigenvalue weighted by Crippen LogP contribution is 2.28. The van der Waals surface area contributed by atoms with Crippen LogP contribution in [0, 0.1) is 13.8 Å². The summed E-state index contributed by atoms with van der Waals surface area (Å²) in [5.74, 6) is -1.14. The van der Waals surface area contributed by atoms with Gasteiger partial charge >= 0.3 is 5.97 Å². The topological polar surface area (TPSA) is 90.3 Å². The van der Waals surface area contributed by atoms with E-state index in [0.717, 1.165) is 9.88 Å². The molecule has 0 atom stereocenters. The second-order valence-corrected chi connectivity index (χ2v) is 9.11. The number of ketones is 1. The monoisotopic (exact) mass is 479 g/mol. The van der Waals surface area contributed by atoms with E-state index in [1.54, 1.807) is 60.2 Å². The number of ether oxygens (including phenoxy) is 1. The number of nitrogens with one attached hydrogen (secondary N) is 1. The summed E-state index contributed by atoms with van der Waals surface area (Å²) in [5.41, 5.74) is 5.57. The first kappa shape index (κ1) is 22.6. The fourth-order valence-corrected chi connectivity index (χ4v) is 4.93. The summed E-state index contributed by atoms with van der Waals surface area (Å²) in [6.07, 6.45) is 0.00130. The molecule has 1 amide bonds. The maximum atomic E-state index is 12.7. The molecule has 0 saturated heterocycles. The van der Waals surface area contributed by atoms with E-state index in [4.69, 9.17) is 4.74 Å². The molecule has 0 spiro atoms. The molecular formula is C24H21N3O4S2. The van der Waals surface area contributed by atoms with Gasteiger partial charge in [0.2, 0.25) is 5.78 Å². The van der Waals surface area contributed by atoms with E-state index < -0.39 is 5.97 Å². The molecule has 1 N–H and O–H groups in total. The molecule has 7 nitrogen and oxygen atoms in total. The van der Waals surface area contributed by atoms with Gasteiger partial charge in [-0.3, -0.25) is 24.5 Å². The summed E-state index contributed by atoms with van der Waals surface area (Å²) < 4.78 is 6.76. The fourth-order valence-electron chi connectivity index (χ4n) is 3.30. The smallest absolute Gasteiger partial charge is 0.312 e. The van der Waals surface area contributed by atoms with Crippen molar-refractivity contribution in [3.05, 3.63) is 87.5 Å². The predicted octanol–water partition coefficient (Wildman–Crippen LogP) is 4.64. The van der Waals surface area contributed by atoms with Gasteiger partial charge in [-0.2, -0.15) is 0 Å². The Morgan fingerprint density at radius 2 is 1.85 bits per heavy atom. The maximum Gasteiger partial charge on any atom is 0.312 e. The van der Waals surface area contributed by atoms with Crippen LogP contribution in [-0.4, -0.2) is 33.9 Å². The lowest BCUT2D eigenvalue weighted by Gasteiger charge is -2.11. The second kappa shape index (κ2) is 9.93. The van der Waals surface area contributed by atoms with Crippen molar-refractivity contribution in [2.24, 2.45) is 0 Å². The van der Waals surface area contributed by atoms with Crippen molar-refractivity contribution in [1.29, 1.82) is 0 Å². The number of carbonyl (C=O) groups excluding carboxylic acids is 3. The third kappa shape index (κ3) is 5.27. The van der Waals surface area contributed by atoms with Crippen LogP contribution in [0.2, 0.25) is 0 Å². The van der Waals surface area contributed by atoms with Crippen LogP contribution in [0.4, 0.5) is 0 Å². The number of benzene rings is 1. The van der Waals surface area contributed by atoms with Crippen molar-refractivity contribution >= 4 is 40.3 Å². The highest BCUT2D eigenvalue weighted by atomic mass is 32.1. The molecule has 33 heavy (non-hydrogen) atoms. The Balaban J connectivity index is 1.35. The minimum Gasteiger partial charge on any atom is -0.457 e. The van der Waals surface area contributed by atoms with Gasteiger partial charge in [-0.25, -0.2) is 4.98 Å². The van der Waals surface area contributed by atoms with Crippen LogP contribution < -0.4 is 5.43 Å². The Hall–Kier alpha value is -3.56. The number of aryl methyl sites for hydroxylation is 1. The van der Waals surface area contributed by atoms with Crippen molar-refractivity contribution in [2.75, 3.05) is 12.0 Å². The molecular weight excluding hydrogens is 458 g/mol. The van der Waals surface area contributed by atoms with Crippen LogP contribution in [0.5, 0.6) is 0 Å². The zero-order valence-electron chi connectivity index (χ0n) is 18.0. The molecule has 0 unspecified atom stereocenters. The summed E-state index contributed by atoms with van der Waals surface area (Å²) in [6.45, 7) is 3.14. The van der Waals surface area contributed by atoms with Gasteiger partial charge in [-0.1, -0.05) is 24.3 Å². The Kier molecular flexibility index (Phi) is 6.81. The maximum absolute atomic E-state index is 12.7. The molecule has 9 heteroatoms. The van der Waals surface area contributed by atoms with E-state index in [9.17, 15) is 14.4 Å². The normalized spacial score (nSPS) is 10.7. The first-order valence-electron chi connectivity index (χ1n) is 10.1. The van der Waals surface area contributed by atoms with E-state index in [1.165, 1.54) is 11.3 Å². The fraction of sp³-hybridized carbons (Fsp3) is 0.167. The van der Waals surface area contributed by atoms with Crippen molar-refractivity contribution in [3.63, 3.8) is 0 Å². The zero-order chi connectivity index (χ0) is 23.4. The quantitative estimate of drug-likeness (QED) is 0.294. The Bertz CT molecular complexity index is 1290. The summed E-state index contributed by atoms with van der Waals surface area (Å²) in [5, 5.41) is 4.65. The molecule has 0 aliphatic heterocycles. The van der Waals surface area contributed by atoms with Crippen LogP contribution in [0.3, 0.4) is 0 Å². The molecule has 3 aromatic heterocycles. The number of amides is 1. The predicted molar refractivity (Wildman–Crippen MR) is 128 cm³/mol. The lowest BCUT2D eigenvalue weighted by atomic mass is 10.1. The number of esters is 1. The van der Waals surface area contributed by atoms with Crippen molar-refractivity contribution in [1.82, 2.24) is 9.66 Å². The molecule has 168 valence electrons. The molecule has 4 rings (SSSR count). The lowest BCUT2D eigenvalue weighted by Crippen LogP contribution is -2.25. The Morgan fingerprint density at radius 1 is 1.06 bits per heavy atom. The van der Waals surface area contributed by atoms with Gasteiger partial charge in [0.1, 0.15) is 5.01 Å². The Labute approximate surface area is 198 Å². The molecule has 0 fully saturated rings. The average Bonchev–Trinajstić information content (AvgIpc) is 3.56. The molecule has 0 saturated carbocycles. The van der Waals surface area contributed by atoms with Crippen molar-refractivity contribution in [2.45, 2.75) is 20.3 Å². The number of thiophene rings is 1. The number of carbonyl (C=O) groups is 3. The van der Waals surface area contributed by atoms with Crippen LogP contribution in [0.25, 0.3) is 9.88 Å². The number of rotatable bonds is 8. The Morgan fingerprint density at radius 3 is 2.58 bits per heavy atom. The number of hydrogen-bond donors (Lipinski definition) is 1. The highest BCUT2D eigenvalue weighted by molar-refractivity contribution is 7.20. The largest absolute Gasteiger partial charge is 0.457 e. The average molecular weight is 480 g/mol. The van der Waals surface area contributed by atoms with Gasteiger partial charge in [-0.15, -0.1) is 22.7 Å². The summed E-state index contributed by atoms with van der Waals surface area (Å²) >= 11 is 3.05. The minimum absolute atomic E-state index is 0.00130. The van der Waals surface area contributed by atoms with E-state index >= 15 is 0 Å². The zero-order valence-corrected chi connectivity index (χ0v) is 19.7. The summed E-state index contributed by atoms with van der Waals surface area (Å²) in [6, 6.07) is 14.4.